The second-order valence-corrected chi connectivity index (χ2v) is 24.5. The van der Waals surface area contributed by atoms with Crippen LogP contribution in [0.4, 0.5) is 45.5 Å². The summed E-state index contributed by atoms with van der Waals surface area (Å²) in [5.74, 6) is 0. The Labute approximate surface area is 423 Å². The second kappa shape index (κ2) is 15.1. The Balaban J connectivity index is 1.13. The first kappa shape index (κ1) is 44.2. The maximum atomic E-state index is 2.81. The first-order chi connectivity index (χ1) is 34.0. The molecule has 4 heteroatoms. The first-order valence-electron chi connectivity index (χ1n) is 26.3. The van der Waals surface area contributed by atoms with Crippen molar-refractivity contribution in [3.05, 3.63) is 198 Å². The molecule has 352 valence electrons. The van der Waals surface area contributed by atoms with Gasteiger partial charge < -0.3 is 14.7 Å². The van der Waals surface area contributed by atoms with E-state index in [1.165, 1.54) is 125 Å². The lowest BCUT2D eigenvalue weighted by Gasteiger charge is -2.52. The minimum atomic E-state index is -0.226. The molecule has 0 saturated heterocycles. The zero-order chi connectivity index (χ0) is 49.0. The SMILES string of the molecule is CC(C)(C)c1ccc(-c2ccccc2N2c3cc(N4c5ccc(-c6ccccc6)cc5C5(C)CCCCC45C)cc4c3B3c5c(cccc5C(C)(C)c5cccc2c53)N4c2ccc(C(C)(C)C)cc2)cc1. The molecule has 0 aromatic heterocycles. The van der Waals surface area contributed by atoms with Gasteiger partial charge >= 0.3 is 0 Å². The summed E-state index contributed by atoms with van der Waals surface area (Å²) in [6.45, 7) is 24.0. The summed E-state index contributed by atoms with van der Waals surface area (Å²) in [7, 11) is 0. The van der Waals surface area contributed by atoms with Gasteiger partial charge in [0.1, 0.15) is 0 Å². The Morgan fingerprint density at radius 3 is 1.61 bits per heavy atom. The van der Waals surface area contributed by atoms with Crippen molar-refractivity contribution in [1.82, 2.24) is 0 Å². The largest absolute Gasteiger partial charge is 0.334 e. The van der Waals surface area contributed by atoms with Crippen molar-refractivity contribution in [2.75, 3.05) is 14.7 Å². The molecule has 2 atom stereocenters. The molecule has 4 heterocycles. The van der Waals surface area contributed by atoms with Gasteiger partial charge in [-0.3, -0.25) is 0 Å². The van der Waals surface area contributed by atoms with Crippen LogP contribution in [0.5, 0.6) is 0 Å². The summed E-state index contributed by atoms with van der Waals surface area (Å²) in [5, 5.41) is 0. The zero-order valence-corrected chi connectivity index (χ0v) is 43.4. The van der Waals surface area contributed by atoms with E-state index in [1.807, 2.05) is 0 Å². The topological polar surface area (TPSA) is 9.72 Å². The van der Waals surface area contributed by atoms with E-state index in [0.717, 1.165) is 12.8 Å². The Morgan fingerprint density at radius 1 is 0.408 bits per heavy atom. The number of fused-ring (bicyclic) bond motifs is 3. The van der Waals surface area contributed by atoms with Crippen LogP contribution >= 0.6 is 0 Å². The third-order valence-corrected chi connectivity index (χ3v) is 18.1. The summed E-state index contributed by atoms with van der Waals surface area (Å²) >= 11 is 0. The van der Waals surface area contributed by atoms with Crippen molar-refractivity contribution in [2.45, 2.75) is 122 Å². The molecule has 4 aliphatic heterocycles. The number of anilines is 8. The van der Waals surface area contributed by atoms with Gasteiger partial charge in [-0.1, -0.05) is 190 Å². The second-order valence-electron chi connectivity index (χ2n) is 24.5. The first-order valence-corrected chi connectivity index (χ1v) is 26.3. The standard InChI is InChI=1S/C67H66BN3/c1-63(2,3)46-31-28-44(29-32-46)50-22-14-15-25-54(50)70-57-27-19-24-52-61(57)68-60-51(65(52,7)8)23-18-26-56(60)69(48-35-33-47(34-36-48)64(4,5)6)58-41-49(42-59(70)62(58)68)71-55-37-30-45(43-20-12-11-13-21-43)40-53(55)66(9)38-16-17-39-67(66,71)10/h11-15,18-37,40-42H,16-17,38-39H2,1-10H3. The molecule has 1 aliphatic carbocycles. The Bertz CT molecular complexity index is 3460. The van der Waals surface area contributed by atoms with E-state index in [9.17, 15) is 0 Å². The van der Waals surface area contributed by atoms with Gasteiger partial charge in [-0.05, 0) is 146 Å². The summed E-state index contributed by atoms with van der Waals surface area (Å²) in [6.07, 6.45) is 4.73. The molecule has 0 bridgehead atoms. The van der Waals surface area contributed by atoms with Crippen LogP contribution in [0.25, 0.3) is 22.3 Å². The van der Waals surface area contributed by atoms with Gasteiger partial charge in [-0.15, -0.1) is 0 Å². The molecule has 8 aromatic carbocycles. The van der Waals surface area contributed by atoms with Crippen molar-refractivity contribution in [3.8, 4) is 22.3 Å². The highest BCUT2D eigenvalue weighted by Crippen LogP contribution is 2.62. The highest BCUT2D eigenvalue weighted by molar-refractivity contribution is 7.01. The number of hydrogen-bond acceptors (Lipinski definition) is 3. The highest BCUT2D eigenvalue weighted by atomic mass is 15.3. The van der Waals surface area contributed by atoms with Crippen LogP contribution in [0.3, 0.4) is 0 Å². The Morgan fingerprint density at radius 2 is 0.958 bits per heavy atom. The quantitative estimate of drug-likeness (QED) is 0.159. The van der Waals surface area contributed by atoms with E-state index < -0.39 is 0 Å². The van der Waals surface area contributed by atoms with E-state index in [0.29, 0.717) is 0 Å². The molecule has 5 aliphatic rings. The summed E-state index contributed by atoms with van der Waals surface area (Å²) < 4.78 is 0. The fraction of sp³-hybridized carbons (Fsp3) is 0.284. The van der Waals surface area contributed by atoms with Crippen molar-refractivity contribution in [3.63, 3.8) is 0 Å². The predicted molar refractivity (Wildman–Crippen MR) is 304 cm³/mol. The molecule has 0 amide bonds. The lowest BCUT2D eigenvalue weighted by Crippen LogP contribution is -2.67. The highest BCUT2D eigenvalue weighted by Gasteiger charge is 2.59. The van der Waals surface area contributed by atoms with Crippen LogP contribution < -0.4 is 31.1 Å². The third kappa shape index (κ3) is 6.22. The number of rotatable bonds is 5. The van der Waals surface area contributed by atoms with Crippen LogP contribution in [0, 0.1) is 0 Å². The van der Waals surface area contributed by atoms with Gasteiger partial charge in [0.15, 0.2) is 0 Å². The van der Waals surface area contributed by atoms with E-state index >= 15 is 0 Å². The minimum Gasteiger partial charge on any atom is -0.334 e. The molecule has 0 radical (unpaired) electrons. The molecule has 1 saturated carbocycles. The molecule has 71 heavy (non-hydrogen) atoms. The van der Waals surface area contributed by atoms with Crippen LogP contribution in [0.15, 0.2) is 170 Å². The monoisotopic (exact) mass is 924 g/mol. The van der Waals surface area contributed by atoms with Crippen LogP contribution in [-0.4, -0.2) is 12.3 Å². The molecule has 3 nitrogen and oxygen atoms in total. The van der Waals surface area contributed by atoms with Gasteiger partial charge in [-0.25, -0.2) is 0 Å². The van der Waals surface area contributed by atoms with Crippen LogP contribution in [0.1, 0.15) is 123 Å². The van der Waals surface area contributed by atoms with Crippen molar-refractivity contribution < 1.29 is 0 Å². The average molecular weight is 924 g/mol. The maximum absolute atomic E-state index is 2.81. The molecule has 1 fully saturated rings. The van der Waals surface area contributed by atoms with Gasteiger partial charge in [0.05, 0.1) is 11.2 Å². The van der Waals surface area contributed by atoms with Gasteiger partial charge in [-0.2, -0.15) is 0 Å². The molecule has 13 rings (SSSR count). The number of benzene rings is 8. The number of para-hydroxylation sites is 1. The molecule has 2 unspecified atom stereocenters. The Hall–Kier alpha value is -6.78. The minimum absolute atomic E-state index is 0.0349. The van der Waals surface area contributed by atoms with Crippen molar-refractivity contribution >= 4 is 68.6 Å². The summed E-state index contributed by atoms with van der Waals surface area (Å²) in [4.78, 5) is 8.13. The van der Waals surface area contributed by atoms with Gasteiger partial charge in [0, 0.05) is 56.2 Å². The lowest BCUT2D eigenvalue weighted by atomic mass is 9.28. The maximum Gasteiger partial charge on any atom is 0.252 e. The smallest absolute Gasteiger partial charge is 0.252 e. The van der Waals surface area contributed by atoms with Gasteiger partial charge in [0.25, 0.3) is 6.71 Å². The average Bonchev–Trinajstić information content (AvgIpc) is 3.58. The van der Waals surface area contributed by atoms with Crippen LogP contribution in [0.2, 0.25) is 0 Å². The summed E-state index contributed by atoms with van der Waals surface area (Å²) in [5.41, 5.74) is 26.0. The molecular weight excluding hydrogens is 858 g/mol. The van der Waals surface area contributed by atoms with E-state index in [-0.39, 0.29) is 33.9 Å². The third-order valence-electron chi connectivity index (χ3n) is 18.1. The molecule has 8 aromatic rings. The number of nitrogens with zero attached hydrogens (tertiary/aromatic N) is 3. The lowest BCUT2D eigenvalue weighted by molar-refractivity contribution is 0.195. The Kier molecular flexibility index (Phi) is 9.41. The van der Waals surface area contributed by atoms with Crippen molar-refractivity contribution in [1.29, 1.82) is 0 Å². The fourth-order valence-electron chi connectivity index (χ4n) is 14.1. The fourth-order valence-corrected chi connectivity index (χ4v) is 14.1. The zero-order valence-electron chi connectivity index (χ0n) is 43.4. The normalized spacial score (nSPS) is 20.1. The molecular formula is C67H66BN3. The predicted octanol–water partition coefficient (Wildman–Crippen LogP) is 16.1. The van der Waals surface area contributed by atoms with Crippen molar-refractivity contribution in [2.24, 2.45) is 0 Å². The molecule has 0 spiro atoms. The number of hydrogen-bond donors (Lipinski definition) is 0. The van der Waals surface area contributed by atoms with Gasteiger partial charge in [0.2, 0.25) is 0 Å². The molecule has 0 N–H and O–H groups in total. The van der Waals surface area contributed by atoms with E-state index in [4.69, 9.17) is 0 Å². The van der Waals surface area contributed by atoms with E-state index in [1.54, 1.807) is 0 Å². The van der Waals surface area contributed by atoms with E-state index in [2.05, 4.69) is 254 Å². The van der Waals surface area contributed by atoms with Crippen LogP contribution in [-0.2, 0) is 21.7 Å². The summed E-state index contributed by atoms with van der Waals surface area (Å²) in [6, 6.07) is 66.0.